The minimum absolute atomic E-state index is 0.184. The second-order valence-electron chi connectivity index (χ2n) is 7.59. The number of likely N-dealkylation sites (tertiary alicyclic amines) is 1. The molecule has 1 aromatic heterocycles. The maximum Gasteiger partial charge on any atom is 0.410 e. The summed E-state index contributed by atoms with van der Waals surface area (Å²) in [5.41, 5.74) is 0.697. The van der Waals surface area contributed by atoms with E-state index in [1.54, 1.807) is 11.3 Å². The third-order valence-electron chi connectivity index (χ3n) is 4.27. The Kier molecular flexibility index (Phi) is 6.63. The SMILES string of the molecule is Cc1nc(CCNC(C)C2CCCCN2C(=O)OC(C)(C)C)cs1. The maximum atomic E-state index is 12.5. The lowest BCUT2D eigenvalue weighted by Crippen LogP contribution is -2.54. The van der Waals surface area contributed by atoms with Gasteiger partial charge in [-0.05, 0) is 53.9 Å². The number of nitrogens with one attached hydrogen (secondary N) is 1. The van der Waals surface area contributed by atoms with Crippen LogP contribution in [-0.2, 0) is 11.2 Å². The average Bonchev–Trinajstić information content (AvgIpc) is 2.91. The monoisotopic (exact) mass is 353 g/mol. The van der Waals surface area contributed by atoms with Crippen molar-refractivity contribution >= 4 is 17.4 Å². The fourth-order valence-corrected chi connectivity index (χ4v) is 3.76. The van der Waals surface area contributed by atoms with E-state index >= 15 is 0 Å². The van der Waals surface area contributed by atoms with Crippen LogP contribution in [0.4, 0.5) is 4.79 Å². The zero-order valence-electron chi connectivity index (χ0n) is 15.6. The zero-order chi connectivity index (χ0) is 17.7. The van der Waals surface area contributed by atoms with Crippen LogP contribution >= 0.6 is 11.3 Å². The van der Waals surface area contributed by atoms with Crippen LogP contribution < -0.4 is 5.32 Å². The standard InChI is InChI=1S/C18H31N3O2S/c1-13(19-10-9-15-12-24-14(2)20-15)16-8-6-7-11-21(16)17(22)23-18(3,4)5/h12-13,16,19H,6-11H2,1-5H3. The third-order valence-corrected chi connectivity index (χ3v) is 5.09. The molecule has 1 aliphatic heterocycles. The van der Waals surface area contributed by atoms with Gasteiger partial charge in [0.05, 0.1) is 16.7 Å². The summed E-state index contributed by atoms with van der Waals surface area (Å²) in [5.74, 6) is 0. The first kappa shape index (κ1) is 19.2. The molecule has 1 aromatic rings. The van der Waals surface area contributed by atoms with Gasteiger partial charge in [-0.1, -0.05) is 0 Å². The van der Waals surface area contributed by atoms with Crippen LogP contribution in [0.5, 0.6) is 0 Å². The van der Waals surface area contributed by atoms with Gasteiger partial charge in [-0.25, -0.2) is 9.78 Å². The Morgan fingerprint density at radius 2 is 2.25 bits per heavy atom. The molecule has 0 spiro atoms. The molecule has 136 valence electrons. The van der Waals surface area contributed by atoms with E-state index in [1.165, 1.54) is 6.42 Å². The lowest BCUT2D eigenvalue weighted by atomic mass is 9.97. The van der Waals surface area contributed by atoms with Crippen molar-refractivity contribution in [3.63, 3.8) is 0 Å². The Hall–Kier alpha value is -1.14. The van der Waals surface area contributed by atoms with Crippen LogP contribution in [0.1, 0.15) is 57.7 Å². The molecule has 1 saturated heterocycles. The van der Waals surface area contributed by atoms with Crippen LogP contribution in [0.25, 0.3) is 0 Å². The average molecular weight is 354 g/mol. The number of aryl methyl sites for hydroxylation is 1. The van der Waals surface area contributed by atoms with Crippen LogP contribution in [0.2, 0.25) is 0 Å². The molecule has 24 heavy (non-hydrogen) atoms. The molecule has 1 aliphatic rings. The van der Waals surface area contributed by atoms with E-state index in [2.05, 4.69) is 22.6 Å². The topological polar surface area (TPSA) is 54.5 Å². The highest BCUT2D eigenvalue weighted by atomic mass is 32.1. The molecule has 0 aromatic carbocycles. The van der Waals surface area contributed by atoms with Crippen molar-refractivity contribution in [3.05, 3.63) is 16.1 Å². The number of nitrogens with zero attached hydrogens (tertiary/aromatic N) is 2. The van der Waals surface area contributed by atoms with Gasteiger partial charge in [-0.3, -0.25) is 0 Å². The van der Waals surface area contributed by atoms with Crippen molar-refractivity contribution in [1.82, 2.24) is 15.2 Å². The largest absolute Gasteiger partial charge is 0.444 e. The molecule has 0 radical (unpaired) electrons. The Morgan fingerprint density at radius 1 is 1.50 bits per heavy atom. The summed E-state index contributed by atoms with van der Waals surface area (Å²) in [5, 5.41) is 6.81. The molecule has 2 unspecified atom stereocenters. The summed E-state index contributed by atoms with van der Waals surface area (Å²) in [7, 11) is 0. The summed E-state index contributed by atoms with van der Waals surface area (Å²) in [4.78, 5) is 18.9. The summed E-state index contributed by atoms with van der Waals surface area (Å²) in [6.07, 6.45) is 4.00. The molecule has 6 heteroatoms. The molecular weight excluding hydrogens is 322 g/mol. The molecule has 0 aliphatic carbocycles. The van der Waals surface area contributed by atoms with Gasteiger partial charge in [0.15, 0.2) is 0 Å². The number of piperidine rings is 1. The Bertz CT molecular complexity index is 539. The van der Waals surface area contributed by atoms with Crippen molar-refractivity contribution in [2.24, 2.45) is 0 Å². The fraction of sp³-hybridized carbons (Fsp3) is 0.778. The van der Waals surface area contributed by atoms with Gasteiger partial charge in [-0.15, -0.1) is 11.3 Å². The fourth-order valence-electron chi connectivity index (χ4n) is 3.11. The summed E-state index contributed by atoms with van der Waals surface area (Å²) < 4.78 is 5.58. The van der Waals surface area contributed by atoms with Gasteiger partial charge < -0.3 is 15.0 Å². The van der Waals surface area contributed by atoms with Crippen LogP contribution in [0.15, 0.2) is 5.38 Å². The first-order valence-corrected chi connectivity index (χ1v) is 9.78. The summed E-state index contributed by atoms with van der Waals surface area (Å²) in [6, 6.07) is 0.448. The van der Waals surface area contributed by atoms with Gasteiger partial charge in [-0.2, -0.15) is 0 Å². The van der Waals surface area contributed by atoms with E-state index in [1.807, 2.05) is 32.6 Å². The maximum absolute atomic E-state index is 12.5. The van der Waals surface area contributed by atoms with Gasteiger partial charge in [0.2, 0.25) is 0 Å². The first-order chi connectivity index (χ1) is 11.3. The van der Waals surface area contributed by atoms with Crippen molar-refractivity contribution < 1.29 is 9.53 Å². The molecule has 1 amide bonds. The third kappa shape index (κ3) is 5.74. The minimum atomic E-state index is -0.446. The summed E-state index contributed by atoms with van der Waals surface area (Å²) >= 11 is 1.69. The van der Waals surface area contributed by atoms with E-state index in [9.17, 15) is 4.79 Å². The number of hydrogen-bond donors (Lipinski definition) is 1. The number of ether oxygens (including phenoxy) is 1. The molecule has 2 heterocycles. The highest BCUT2D eigenvalue weighted by Gasteiger charge is 2.33. The van der Waals surface area contributed by atoms with E-state index in [-0.39, 0.29) is 18.2 Å². The van der Waals surface area contributed by atoms with Crippen molar-refractivity contribution in [2.75, 3.05) is 13.1 Å². The number of aromatic nitrogens is 1. The predicted octanol–water partition coefficient (Wildman–Crippen LogP) is 3.76. The Labute approximate surface area is 149 Å². The molecular formula is C18H31N3O2S. The Morgan fingerprint density at radius 3 is 2.88 bits per heavy atom. The minimum Gasteiger partial charge on any atom is -0.444 e. The highest BCUT2D eigenvalue weighted by molar-refractivity contribution is 7.09. The van der Waals surface area contributed by atoms with Gasteiger partial charge >= 0.3 is 6.09 Å². The van der Waals surface area contributed by atoms with E-state index in [0.717, 1.165) is 43.1 Å². The number of carbonyl (C=O) groups is 1. The molecule has 1 fully saturated rings. The quantitative estimate of drug-likeness (QED) is 0.876. The smallest absolute Gasteiger partial charge is 0.410 e. The zero-order valence-corrected chi connectivity index (χ0v) is 16.4. The number of rotatable bonds is 5. The van der Waals surface area contributed by atoms with Crippen LogP contribution in [0.3, 0.4) is 0 Å². The van der Waals surface area contributed by atoms with Crippen molar-refractivity contribution in [1.29, 1.82) is 0 Å². The number of amides is 1. The lowest BCUT2D eigenvalue weighted by Gasteiger charge is -2.40. The van der Waals surface area contributed by atoms with E-state index in [4.69, 9.17) is 4.74 Å². The van der Waals surface area contributed by atoms with E-state index in [0.29, 0.717) is 0 Å². The lowest BCUT2D eigenvalue weighted by molar-refractivity contribution is 0.00564. The first-order valence-electron chi connectivity index (χ1n) is 8.90. The van der Waals surface area contributed by atoms with Gasteiger partial charge in [0.25, 0.3) is 0 Å². The second kappa shape index (κ2) is 8.30. The molecule has 0 bridgehead atoms. The normalized spacial score (nSPS) is 20.0. The van der Waals surface area contributed by atoms with Crippen LogP contribution in [-0.4, -0.2) is 46.8 Å². The predicted molar refractivity (Wildman–Crippen MR) is 98.6 cm³/mol. The van der Waals surface area contributed by atoms with Crippen molar-refractivity contribution in [2.45, 2.75) is 78.0 Å². The molecule has 2 atom stereocenters. The van der Waals surface area contributed by atoms with Gasteiger partial charge in [0.1, 0.15) is 5.60 Å². The van der Waals surface area contributed by atoms with Gasteiger partial charge in [0, 0.05) is 30.9 Å². The second-order valence-corrected chi connectivity index (χ2v) is 8.65. The molecule has 0 saturated carbocycles. The van der Waals surface area contributed by atoms with Crippen LogP contribution in [0, 0.1) is 6.92 Å². The molecule has 2 rings (SSSR count). The molecule has 5 nitrogen and oxygen atoms in total. The Balaban J connectivity index is 1.87. The van der Waals surface area contributed by atoms with Crippen molar-refractivity contribution in [3.8, 4) is 0 Å². The number of carbonyl (C=O) groups excluding carboxylic acids is 1. The number of hydrogen-bond acceptors (Lipinski definition) is 5. The number of thiazole rings is 1. The molecule has 1 N–H and O–H groups in total. The highest BCUT2D eigenvalue weighted by Crippen LogP contribution is 2.22. The van der Waals surface area contributed by atoms with E-state index < -0.39 is 5.60 Å². The summed E-state index contributed by atoms with van der Waals surface area (Å²) in [6.45, 7) is 11.6.